The van der Waals surface area contributed by atoms with Crippen LogP contribution in [0.3, 0.4) is 0 Å². The van der Waals surface area contributed by atoms with Gasteiger partial charge in [0.15, 0.2) is 0 Å². The first-order valence-corrected chi connectivity index (χ1v) is 6.88. The third kappa shape index (κ3) is 3.30. The van der Waals surface area contributed by atoms with Gasteiger partial charge in [-0.15, -0.1) is 0 Å². The SMILES string of the molecule is O=C(O)c1cncnc1CNc1c(Br)cccc1Br. The number of carbonyl (C=O) groups is 1. The van der Waals surface area contributed by atoms with Crippen LogP contribution in [-0.4, -0.2) is 21.0 Å². The van der Waals surface area contributed by atoms with Crippen molar-refractivity contribution < 1.29 is 9.90 Å². The molecule has 2 N–H and O–H groups in total. The minimum atomic E-state index is -1.04. The van der Waals surface area contributed by atoms with E-state index in [2.05, 4.69) is 47.1 Å². The number of carboxylic acids is 1. The van der Waals surface area contributed by atoms with Gasteiger partial charge >= 0.3 is 5.97 Å². The molecule has 0 atom stereocenters. The zero-order chi connectivity index (χ0) is 13.8. The minimum absolute atomic E-state index is 0.0955. The van der Waals surface area contributed by atoms with Gasteiger partial charge in [0.1, 0.15) is 11.9 Å². The molecule has 0 amide bonds. The molecule has 2 rings (SSSR count). The van der Waals surface area contributed by atoms with Gasteiger partial charge in [0.05, 0.1) is 17.9 Å². The predicted molar refractivity (Wildman–Crippen MR) is 78.2 cm³/mol. The second kappa shape index (κ2) is 6.12. The number of hydrogen-bond donors (Lipinski definition) is 2. The van der Waals surface area contributed by atoms with Crippen LogP contribution in [0, 0.1) is 0 Å². The van der Waals surface area contributed by atoms with E-state index in [1.807, 2.05) is 18.2 Å². The maximum Gasteiger partial charge on any atom is 0.339 e. The molecule has 1 aromatic carbocycles. The van der Waals surface area contributed by atoms with Crippen molar-refractivity contribution in [2.24, 2.45) is 0 Å². The van der Waals surface area contributed by atoms with Crippen LogP contribution in [0.2, 0.25) is 0 Å². The topological polar surface area (TPSA) is 75.1 Å². The number of nitrogens with zero attached hydrogens (tertiary/aromatic N) is 2. The summed E-state index contributed by atoms with van der Waals surface area (Å²) in [6.45, 7) is 0.297. The number of nitrogens with one attached hydrogen (secondary N) is 1. The second-order valence-corrected chi connectivity index (χ2v) is 5.35. The first-order chi connectivity index (χ1) is 9.09. The van der Waals surface area contributed by atoms with Crippen LogP contribution in [0.5, 0.6) is 0 Å². The van der Waals surface area contributed by atoms with Crippen LogP contribution < -0.4 is 5.32 Å². The summed E-state index contributed by atoms with van der Waals surface area (Å²) in [5, 5.41) is 12.2. The van der Waals surface area contributed by atoms with Crippen molar-refractivity contribution in [3.8, 4) is 0 Å². The Labute approximate surface area is 126 Å². The van der Waals surface area contributed by atoms with E-state index in [4.69, 9.17) is 5.11 Å². The Bertz CT molecular complexity index is 599. The summed E-state index contributed by atoms with van der Waals surface area (Å²) in [6.07, 6.45) is 2.62. The van der Waals surface area contributed by atoms with Gasteiger partial charge in [-0.2, -0.15) is 0 Å². The van der Waals surface area contributed by atoms with E-state index < -0.39 is 5.97 Å². The monoisotopic (exact) mass is 385 g/mol. The average Bonchev–Trinajstić information content (AvgIpc) is 2.38. The first-order valence-electron chi connectivity index (χ1n) is 5.29. The molecular weight excluding hydrogens is 378 g/mol. The lowest BCUT2D eigenvalue weighted by atomic mass is 10.2. The van der Waals surface area contributed by atoms with Gasteiger partial charge in [0.25, 0.3) is 0 Å². The van der Waals surface area contributed by atoms with Gasteiger partial charge in [-0.1, -0.05) is 6.07 Å². The number of hydrogen-bond acceptors (Lipinski definition) is 4. The van der Waals surface area contributed by atoms with Crippen molar-refractivity contribution in [3.63, 3.8) is 0 Å². The molecule has 0 fully saturated rings. The van der Waals surface area contributed by atoms with Gasteiger partial charge in [-0.05, 0) is 44.0 Å². The predicted octanol–water partition coefficient (Wildman–Crippen LogP) is 3.31. The lowest BCUT2D eigenvalue weighted by Crippen LogP contribution is -2.10. The quantitative estimate of drug-likeness (QED) is 0.842. The van der Waals surface area contributed by atoms with E-state index in [0.29, 0.717) is 12.2 Å². The Morgan fingerprint density at radius 3 is 2.63 bits per heavy atom. The fourth-order valence-corrected chi connectivity index (χ4v) is 2.79. The van der Waals surface area contributed by atoms with Gasteiger partial charge in [0, 0.05) is 15.1 Å². The molecule has 0 saturated carbocycles. The normalized spacial score (nSPS) is 10.2. The number of carboxylic acid groups (broad SMARTS) is 1. The molecule has 0 bridgehead atoms. The van der Waals surface area contributed by atoms with Crippen molar-refractivity contribution in [3.05, 3.63) is 50.9 Å². The number of aromatic nitrogens is 2. The van der Waals surface area contributed by atoms with E-state index in [0.717, 1.165) is 14.6 Å². The van der Waals surface area contributed by atoms with E-state index >= 15 is 0 Å². The molecule has 5 nitrogen and oxygen atoms in total. The average molecular weight is 387 g/mol. The highest BCUT2D eigenvalue weighted by atomic mass is 79.9. The molecule has 1 aromatic heterocycles. The number of para-hydroxylation sites is 1. The Kier molecular flexibility index (Phi) is 4.49. The van der Waals surface area contributed by atoms with E-state index in [1.165, 1.54) is 12.5 Å². The fraction of sp³-hybridized carbons (Fsp3) is 0.0833. The van der Waals surface area contributed by atoms with E-state index in [9.17, 15) is 4.79 Å². The van der Waals surface area contributed by atoms with E-state index in [-0.39, 0.29) is 5.56 Å². The Balaban J connectivity index is 2.22. The molecule has 0 saturated heterocycles. The van der Waals surface area contributed by atoms with Gasteiger partial charge in [-0.25, -0.2) is 14.8 Å². The van der Waals surface area contributed by atoms with Crippen LogP contribution >= 0.6 is 31.9 Å². The van der Waals surface area contributed by atoms with Crippen molar-refractivity contribution in [1.82, 2.24) is 9.97 Å². The van der Waals surface area contributed by atoms with Crippen LogP contribution in [-0.2, 0) is 6.54 Å². The smallest absolute Gasteiger partial charge is 0.339 e. The number of rotatable bonds is 4. The molecule has 0 aliphatic carbocycles. The van der Waals surface area contributed by atoms with Crippen LogP contribution in [0.15, 0.2) is 39.7 Å². The third-order valence-corrected chi connectivity index (χ3v) is 3.74. The van der Waals surface area contributed by atoms with Crippen LogP contribution in [0.25, 0.3) is 0 Å². The Hall–Kier alpha value is -1.47. The molecule has 19 heavy (non-hydrogen) atoms. The largest absolute Gasteiger partial charge is 0.478 e. The molecule has 1 heterocycles. The maximum absolute atomic E-state index is 11.0. The molecule has 0 aliphatic rings. The molecule has 0 aliphatic heterocycles. The Morgan fingerprint density at radius 2 is 2.00 bits per heavy atom. The number of aromatic carboxylic acids is 1. The van der Waals surface area contributed by atoms with Crippen LogP contribution in [0.4, 0.5) is 5.69 Å². The summed E-state index contributed by atoms with van der Waals surface area (Å²) < 4.78 is 1.76. The summed E-state index contributed by atoms with van der Waals surface area (Å²) in [7, 11) is 0. The maximum atomic E-state index is 11.0. The molecule has 7 heteroatoms. The highest BCUT2D eigenvalue weighted by molar-refractivity contribution is 9.11. The minimum Gasteiger partial charge on any atom is -0.478 e. The molecule has 0 spiro atoms. The fourth-order valence-electron chi connectivity index (χ4n) is 1.51. The summed E-state index contributed by atoms with van der Waals surface area (Å²) in [4.78, 5) is 18.7. The lowest BCUT2D eigenvalue weighted by Gasteiger charge is -2.11. The number of anilines is 1. The van der Waals surface area contributed by atoms with Crippen molar-refractivity contribution in [2.45, 2.75) is 6.54 Å². The highest BCUT2D eigenvalue weighted by Gasteiger charge is 2.12. The van der Waals surface area contributed by atoms with Crippen molar-refractivity contribution in [1.29, 1.82) is 0 Å². The number of halogens is 2. The summed E-state index contributed by atoms with van der Waals surface area (Å²) >= 11 is 6.85. The van der Waals surface area contributed by atoms with Gasteiger partial charge < -0.3 is 10.4 Å². The molecule has 2 aromatic rings. The molecule has 0 unspecified atom stereocenters. The van der Waals surface area contributed by atoms with E-state index in [1.54, 1.807) is 0 Å². The highest BCUT2D eigenvalue weighted by Crippen LogP contribution is 2.30. The zero-order valence-corrected chi connectivity index (χ0v) is 12.8. The standard InChI is InChI=1S/C12H9Br2N3O2/c13-8-2-1-3-9(14)11(8)16-5-10-7(12(18)19)4-15-6-17-10/h1-4,6,16H,5H2,(H,18,19). The Morgan fingerprint density at radius 1 is 1.32 bits per heavy atom. The van der Waals surface area contributed by atoms with Gasteiger partial charge in [-0.3, -0.25) is 0 Å². The number of benzene rings is 1. The molecule has 0 radical (unpaired) electrons. The van der Waals surface area contributed by atoms with Crippen molar-refractivity contribution >= 4 is 43.5 Å². The third-order valence-electron chi connectivity index (χ3n) is 2.42. The summed E-state index contributed by atoms with van der Waals surface area (Å²) in [5.41, 5.74) is 1.38. The van der Waals surface area contributed by atoms with Crippen LogP contribution in [0.1, 0.15) is 16.1 Å². The van der Waals surface area contributed by atoms with Crippen molar-refractivity contribution in [2.75, 3.05) is 5.32 Å². The first kappa shape index (κ1) is 14.0. The summed E-state index contributed by atoms with van der Waals surface area (Å²) in [6, 6.07) is 5.68. The zero-order valence-electron chi connectivity index (χ0n) is 9.60. The van der Waals surface area contributed by atoms with Gasteiger partial charge in [0.2, 0.25) is 0 Å². The second-order valence-electron chi connectivity index (χ2n) is 3.64. The molecule has 98 valence electrons. The lowest BCUT2D eigenvalue weighted by molar-refractivity contribution is 0.0694. The molecular formula is C12H9Br2N3O2. The summed E-state index contributed by atoms with van der Waals surface area (Å²) in [5.74, 6) is -1.04.